The van der Waals surface area contributed by atoms with Crippen molar-refractivity contribution in [3.05, 3.63) is 126 Å². The van der Waals surface area contributed by atoms with Crippen molar-refractivity contribution < 1.29 is 45.4 Å². The highest BCUT2D eigenvalue weighted by Gasteiger charge is 2.30. The molecular weight excluding hydrogens is 1020 g/mol. The van der Waals surface area contributed by atoms with Crippen LogP contribution in [0.1, 0.15) is 77.3 Å². The van der Waals surface area contributed by atoms with Crippen LogP contribution in [0.15, 0.2) is 82.6 Å². The molecular formula is C50H62Cl4N4O10S2. The molecule has 0 spiro atoms. The average Bonchev–Trinajstić information content (AvgIpc) is 3.32. The van der Waals surface area contributed by atoms with E-state index in [0.717, 1.165) is 33.4 Å². The molecule has 0 bridgehead atoms. The van der Waals surface area contributed by atoms with Crippen LogP contribution in [0.3, 0.4) is 0 Å². The fraction of sp³-hybridized carbons (Fsp3) is 0.480. The molecule has 70 heavy (non-hydrogen) atoms. The van der Waals surface area contributed by atoms with E-state index >= 15 is 0 Å². The first kappa shape index (κ1) is 56.1. The van der Waals surface area contributed by atoms with Gasteiger partial charge >= 0.3 is 0 Å². The number of carbonyl (C=O) groups excluding carboxylic acids is 2. The van der Waals surface area contributed by atoms with Gasteiger partial charge in [0.1, 0.15) is 5.78 Å². The Morgan fingerprint density at radius 2 is 1.10 bits per heavy atom. The highest BCUT2D eigenvalue weighted by molar-refractivity contribution is 7.91. The van der Waals surface area contributed by atoms with E-state index in [0.29, 0.717) is 65.7 Å². The minimum absolute atomic E-state index is 0.0395. The number of amides is 1. The number of nitrogens with one attached hydrogen (secondary N) is 2. The molecule has 20 heteroatoms. The Morgan fingerprint density at radius 3 is 1.67 bits per heavy atom. The largest absolute Gasteiger partial charge is 0.379 e. The summed E-state index contributed by atoms with van der Waals surface area (Å²) >= 11 is 25.7. The standard InChI is InChI=1S/C50H62Cl4N4O10S2/c1-57-31-44(42-27-37(51)29-48(53)46(42)33-57)35-7-3-10-40(25-35)69(61,62)24-6-17-66-21-22-67-18-14-55-50(60)13-12-39(59)9-5-16-65-20-23-68-19-15-56-70(63,64)41-11-4-8-36(26-41)45-32-58(2)34-47-43(45)28-38(52)30-49(47)54/h3-4,7-8,10-11,25-30,44-45,56H,5-6,9,12-24,31-34H2,1-2H3,(H,55,60). The van der Waals surface area contributed by atoms with Crippen molar-refractivity contribution in [2.75, 3.05) is 98.9 Å². The lowest BCUT2D eigenvalue weighted by atomic mass is 9.85. The molecule has 2 unspecified atom stereocenters. The molecule has 2 atom stereocenters. The van der Waals surface area contributed by atoms with Crippen LogP contribution in [0.25, 0.3) is 0 Å². The van der Waals surface area contributed by atoms with Gasteiger partial charge in [0, 0.05) is 104 Å². The molecule has 2 aliphatic rings. The number of hydrogen-bond acceptors (Lipinski definition) is 12. The molecule has 0 saturated heterocycles. The zero-order chi connectivity index (χ0) is 50.3. The zero-order valence-electron chi connectivity index (χ0n) is 39.5. The first-order valence-electron chi connectivity index (χ1n) is 23.3. The molecule has 4 aromatic carbocycles. The maximum Gasteiger partial charge on any atom is 0.240 e. The number of ether oxygens (including phenoxy) is 4. The Morgan fingerprint density at radius 1 is 0.600 bits per heavy atom. The van der Waals surface area contributed by atoms with Crippen LogP contribution in [-0.2, 0) is 61.5 Å². The molecule has 382 valence electrons. The van der Waals surface area contributed by atoms with Gasteiger partial charge in [-0.1, -0.05) is 70.7 Å². The SMILES string of the molecule is CN1Cc2c(Cl)cc(Cl)cc2C(c2cccc(S(=O)(=O)CCCOCCOCCNC(=O)CCC(=O)CCCOCCOCCNS(=O)(=O)c3cccc(C4CN(C)Cc5c(Cl)cc(Cl)cc54)c3)c2)C1. The number of halogens is 4. The van der Waals surface area contributed by atoms with Crippen LogP contribution in [0, 0.1) is 0 Å². The van der Waals surface area contributed by atoms with Crippen LogP contribution in [0.4, 0.5) is 0 Å². The van der Waals surface area contributed by atoms with Crippen molar-refractivity contribution in [3.8, 4) is 0 Å². The lowest BCUT2D eigenvalue weighted by Crippen LogP contribution is -2.31. The van der Waals surface area contributed by atoms with Crippen LogP contribution in [0.5, 0.6) is 0 Å². The number of nitrogens with zero attached hydrogens (tertiary/aromatic N) is 2. The first-order chi connectivity index (χ1) is 33.5. The molecule has 6 rings (SSSR count). The lowest BCUT2D eigenvalue weighted by Gasteiger charge is -2.33. The van der Waals surface area contributed by atoms with E-state index in [-0.39, 0.29) is 118 Å². The van der Waals surface area contributed by atoms with Crippen molar-refractivity contribution in [2.45, 2.75) is 66.8 Å². The summed E-state index contributed by atoms with van der Waals surface area (Å²) in [6.07, 6.45) is 1.30. The van der Waals surface area contributed by atoms with E-state index in [1.54, 1.807) is 48.5 Å². The Kier molecular flexibility index (Phi) is 21.8. The zero-order valence-corrected chi connectivity index (χ0v) is 44.2. The van der Waals surface area contributed by atoms with Gasteiger partial charge in [-0.2, -0.15) is 0 Å². The molecule has 0 aliphatic carbocycles. The van der Waals surface area contributed by atoms with E-state index in [9.17, 15) is 26.4 Å². The van der Waals surface area contributed by atoms with Crippen LogP contribution in [-0.4, -0.2) is 137 Å². The van der Waals surface area contributed by atoms with Gasteiger partial charge in [0.15, 0.2) is 9.84 Å². The predicted octanol–water partition coefficient (Wildman–Crippen LogP) is 7.91. The summed E-state index contributed by atoms with van der Waals surface area (Å²) in [6, 6.07) is 21.3. The number of benzene rings is 4. The summed E-state index contributed by atoms with van der Waals surface area (Å²) in [5.74, 6) is -0.512. The lowest BCUT2D eigenvalue weighted by molar-refractivity contribution is -0.125. The maximum atomic E-state index is 13.2. The topological polar surface area (TPSA) is 170 Å². The Balaban J connectivity index is 0.743. The van der Waals surface area contributed by atoms with Gasteiger partial charge in [0.05, 0.1) is 55.2 Å². The summed E-state index contributed by atoms with van der Waals surface area (Å²) in [4.78, 5) is 29.3. The summed E-state index contributed by atoms with van der Waals surface area (Å²) < 4.78 is 77.6. The number of carbonyl (C=O) groups is 2. The highest BCUT2D eigenvalue weighted by Crippen LogP contribution is 2.40. The monoisotopic (exact) mass is 1080 g/mol. The molecule has 4 aromatic rings. The van der Waals surface area contributed by atoms with Crippen molar-refractivity contribution in [3.63, 3.8) is 0 Å². The third-order valence-corrected chi connectivity index (χ3v) is 16.5. The second kappa shape index (κ2) is 27.2. The van der Waals surface area contributed by atoms with Gasteiger partial charge in [-0.25, -0.2) is 21.6 Å². The second-order valence-electron chi connectivity index (χ2n) is 17.6. The number of sulfone groups is 1. The highest BCUT2D eigenvalue weighted by atomic mass is 35.5. The van der Waals surface area contributed by atoms with Crippen molar-refractivity contribution >= 4 is 78.0 Å². The third-order valence-electron chi connectivity index (χ3n) is 12.1. The van der Waals surface area contributed by atoms with Gasteiger partial charge in [-0.3, -0.25) is 9.59 Å². The van der Waals surface area contributed by atoms with Crippen molar-refractivity contribution in [1.82, 2.24) is 19.8 Å². The fourth-order valence-corrected chi connectivity index (χ4v) is 12.2. The van der Waals surface area contributed by atoms with Gasteiger partial charge in [-0.05, 0) is 109 Å². The number of sulfonamides is 1. The number of rotatable bonds is 28. The summed E-state index contributed by atoms with van der Waals surface area (Å²) in [6.45, 7) is 5.25. The second-order valence-corrected chi connectivity index (χ2v) is 23.1. The van der Waals surface area contributed by atoms with Crippen molar-refractivity contribution in [2.24, 2.45) is 0 Å². The predicted molar refractivity (Wildman–Crippen MR) is 274 cm³/mol. The molecule has 0 saturated carbocycles. The van der Waals surface area contributed by atoms with Gasteiger partial charge < -0.3 is 34.1 Å². The van der Waals surface area contributed by atoms with E-state index in [4.69, 9.17) is 65.4 Å². The number of hydrogen-bond donors (Lipinski definition) is 2. The minimum atomic E-state index is -3.79. The van der Waals surface area contributed by atoms with Crippen LogP contribution >= 0.6 is 46.4 Å². The average molecular weight is 1090 g/mol. The minimum Gasteiger partial charge on any atom is -0.379 e. The van der Waals surface area contributed by atoms with Crippen LogP contribution < -0.4 is 10.0 Å². The normalized spacial score (nSPS) is 16.5. The molecule has 2 heterocycles. The van der Waals surface area contributed by atoms with E-state index in [1.807, 2.05) is 38.4 Å². The van der Waals surface area contributed by atoms with Gasteiger partial charge in [0.2, 0.25) is 15.9 Å². The van der Waals surface area contributed by atoms with E-state index in [1.165, 1.54) is 0 Å². The summed E-state index contributed by atoms with van der Waals surface area (Å²) in [5, 5.41) is 5.03. The molecule has 0 radical (unpaired) electrons. The molecule has 14 nitrogen and oxygen atoms in total. The fourth-order valence-electron chi connectivity index (χ4n) is 8.63. The smallest absolute Gasteiger partial charge is 0.240 e. The van der Waals surface area contributed by atoms with Gasteiger partial charge in [-0.15, -0.1) is 0 Å². The Hall–Kier alpha value is -3.20. The van der Waals surface area contributed by atoms with E-state index in [2.05, 4.69) is 19.8 Å². The summed E-state index contributed by atoms with van der Waals surface area (Å²) in [5.41, 5.74) is 5.74. The number of ketones is 1. The molecule has 2 N–H and O–H groups in total. The molecule has 1 amide bonds. The Bertz CT molecular complexity index is 2460. The van der Waals surface area contributed by atoms with Crippen molar-refractivity contribution in [1.29, 1.82) is 0 Å². The molecule has 0 fully saturated rings. The molecule has 0 aromatic heterocycles. The maximum absolute atomic E-state index is 13.2. The van der Waals surface area contributed by atoms with Gasteiger partial charge in [0.25, 0.3) is 0 Å². The van der Waals surface area contributed by atoms with E-state index < -0.39 is 19.9 Å². The Labute approximate surface area is 432 Å². The molecule has 2 aliphatic heterocycles. The number of Topliss-reactive ketones (excluding diaryl/α,β-unsaturated/α-hetero) is 1. The third kappa shape index (κ3) is 16.7. The number of fused-ring (bicyclic) bond motifs is 2. The first-order valence-corrected chi connectivity index (χ1v) is 28.0. The quantitative estimate of drug-likeness (QED) is 0.0528. The van der Waals surface area contributed by atoms with Crippen LogP contribution in [0.2, 0.25) is 20.1 Å². The summed E-state index contributed by atoms with van der Waals surface area (Å²) in [7, 11) is -3.33. The number of likely N-dealkylation sites (N-methyl/N-ethyl adjacent to an activating group) is 2.